The quantitative estimate of drug-likeness (QED) is 0.510. The molecule has 0 fully saturated rings. The van der Waals surface area contributed by atoms with Crippen LogP contribution >= 0.6 is 0 Å². The van der Waals surface area contributed by atoms with E-state index in [4.69, 9.17) is 4.74 Å². The topological polar surface area (TPSA) is 91.5 Å². The van der Waals surface area contributed by atoms with Gasteiger partial charge in [0.05, 0.1) is 0 Å². The highest BCUT2D eigenvalue weighted by molar-refractivity contribution is 5.82. The summed E-state index contributed by atoms with van der Waals surface area (Å²) in [5, 5.41) is 10.5. The lowest BCUT2D eigenvalue weighted by molar-refractivity contribution is 0.413. The molecular formula is C18H17FN6O. The number of nitrogens with one attached hydrogen (secondary N) is 3. The number of hydrogen-bond donors (Lipinski definition) is 3. The third kappa shape index (κ3) is 3.08. The Morgan fingerprint density at radius 1 is 1.00 bits per heavy atom. The Bertz CT molecular complexity index is 1100. The van der Waals surface area contributed by atoms with Gasteiger partial charge >= 0.3 is 6.01 Å². The summed E-state index contributed by atoms with van der Waals surface area (Å²) in [6, 6.07) is 8.73. The molecule has 26 heavy (non-hydrogen) atoms. The van der Waals surface area contributed by atoms with Crippen molar-refractivity contribution in [1.82, 2.24) is 25.1 Å². The molecule has 4 rings (SSSR count). The molecule has 0 radical (unpaired) electrons. The van der Waals surface area contributed by atoms with E-state index in [-0.39, 0.29) is 11.8 Å². The van der Waals surface area contributed by atoms with E-state index in [1.165, 1.54) is 0 Å². The van der Waals surface area contributed by atoms with Crippen LogP contribution in [-0.4, -0.2) is 25.1 Å². The molecule has 132 valence electrons. The van der Waals surface area contributed by atoms with Crippen molar-refractivity contribution in [2.45, 2.75) is 20.8 Å². The van der Waals surface area contributed by atoms with Crippen LogP contribution in [0, 0.1) is 26.6 Å². The number of aromatic amines is 2. The van der Waals surface area contributed by atoms with Crippen LogP contribution in [0.15, 0.2) is 30.3 Å². The summed E-state index contributed by atoms with van der Waals surface area (Å²) >= 11 is 0. The molecule has 3 N–H and O–H groups in total. The summed E-state index contributed by atoms with van der Waals surface area (Å²) in [6.07, 6.45) is 0. The van der Waals surface area contributed by atoms with Crippen molar-refractivity contribution in [3.8, 4) is 11.8 Å². The van der Waals surface area contributed by atoms with Crippen LogP contribution < -0.4 is 10.1 Å². The highest BCUT2D eigenvalue weighted by atomic mass is 19.1. The highest BCUT2D eigenvalue weighted by Gasteiger charge is 2.13. The average Bonchev–Trinajstić information content (AvgIpc) is 3.15. The minimum atomic E-state index is -0.450. The molecule has 3 aromatic heterocycles. The molecule has 0 spiro atoms. The highest BCUT2D eigenvalue weighted by Crippen LogP contribution is 2.30. The summed E-state index contributed by atoms with van der Waals surface area (Å²) in [6.45, 7) is 5.59. The first kappa shape index (κ1) is 16.1. The maximum Gasteiger partial charge on any atom is 0.324 e. The van der Waals surface area contributed by atoms with Crippen molar-refractivity contribution in [1.29, 1.82) is 0 Å². The van der Waals surface area contributed by atoms with Gasteiger partial charge in [-0.1, -0.05) is 0 Å². The van der Waals surface area contributed by atoms with Gasteiger partial charge < -0.3 is 15.0 Å². The molecule has 0 saturated carbocycles. The third-order valence-corrected chi connectivity index (χ3v) is 3.83. The molecule has 0 aliphatic rings. The summed E-state index contributed by atoms with van der Waals surface area (Å²) in [4.78, 5) is 11.6. The number of rotatable bonds is 4. The van der Waals surface area contributed by atoms with Gasteiger partial charge in [-0.2, -0.15) is 10.1 Å². The van der Waals surface area contributed by atoms with Crippen LogP contribution in [0.25, 0.3) is 10.9 Å². The first-order chi connectivity index (χ1) is 12.5. The van der Waals surface area contributed by atoms with E-state index >= 15 is 0 Å². The number of H-pyrrole nitrogens is 2. The van der Waals surface area contributed by atoms with E-state index in [0.29, 0.717) is 28.2 Å². The molecule has 0 amide bonds. The molecule has 8 heteroatoms. The van der Waals surface area contributed by atoms with Crippen LogP contribution in [0.4, 0.5) is 16.0 Å². The minimum Gasteiger partial charge on any atom is -0.421 e. The van der Waals surface area contributed by atoms with E-state index in [9.17, 15) is 4.39 Å². The Kier molecular flexibility index (Phi) is 3.80. The predicted octanol–water partition coefficient (Wildman–Crippen LogP) is 4.28. The van der Waals surface area contributed by atoms with Crippen molar-refractivity contribution >= 4 is 22.5 Å². The van der Waals surface area contributed by atoms with Crippen LogP contribution in [-0.2, 0) is 0 Å². The molecule has 7 nitrogen and oxygen atoms in total. The number of anilines is 2. The zero-order valence-corrected chi connectivity index (χ0v) is 14.5. The van der Waals surface area contributed by atoms with Crippen molar-refractivity contribution in [2.24, 2.45) is 0 Å². The standard InChI is InChI=1S/C18H17FN6O/c1-9-6-12-13(20-9)4-5-14(17(12)19)26-18-21-10(2)7-15(23-18)22-16-8-11(3)24-25-16/h4-8,20H,1-3H3,(H2,21,22,23,24,25). The molecule has 0 aliphatic carbocycles. The van der Waals surface area contributed by atoms with E-state index in [1.54, 1.807) is 24.3 Å². The second kappa shape index (κ2) is 6.14. The average molecular weight is 352 g/mol. The van der Waals surface area contributed by atoms with Crippen LogP contribution in [0.5, 0.6) is 11.8 Å². The van der Waals surface area contributed by atoms with E-state index in [1.807, 2.05) is 26.8 Å². The zero-order chi connectivity index (χ0) is 18.3. The van der Waals surface area contributed by atoms with Gasteiger partial charge in [-0.15, -0.1) is 0 Å². The molecule has 0 saturated heterocycles. The van der Waals surface area contributed by atoms with Gasteiger partial charge in [0.15, 0.2) is 17.4 Å². The van der Waals surface area contributed by atoms with E-state index in [0.717, 1.165) is 11.4 Å². The van der Waals surface area contributed by atoms with Gasteiger partial charge in [0.2, 0.25) is 0 Å². The maximum absolute atomic E-state index is 14.7. The number of benzene rings is 1. The van der Waals surface area contributed by atoms with Crippen molar-refractivity contribution in [3.63, 3.8) is 0 Å². The number of fused-ring (bicyclic) bond motifs is 1. The summed E-state index contributed by atoms with van der Waals surface area (Å²) in [7, 11) is 0. The summed E-state index contributed by atoms with van der Waals surface area (Å²) in [5.74, 6) is 0.762. The Morgan fingerprint density at radius 2 is 1.85 bits per heavy atom. The van der Waals surface area contributed by atoms with Crippen molar-refractivity contribution < 1.29 is 9.13 Å². The van der Waals surface area contributed by atoms with E-state index < -0.39 is 5.82 Å². The lowest BCUT2D eigenvalue weighted by atomic mass is 10.2. The second-order valence-electron chi connectivity index (χ2n) is 6.13. The van der Waals surface area contributed by atoms with Crippen molar-refractivity contribution in [3.05, 3.63) is 53.2 Å². The number of hydrogen-bond acceptors (Lipinski definition) is 5. The van der Waals surface area contributed by atoms with Crippen LogP contribution in [0.2, 0.25) is 0 Å². The van der Waals surface area contributed by atoms with Gasteiger partial charge in [-0.25, -0.2) is 9.37 Å². The predicted molar refractivity (Wildman–Crippen MR) is 96.4 cm³/mol. The molecule has 4 aromatic rings. The fourth-order valence-electron chi connectivity index (χ4n) is 2.73. The summed E-state index contributed by atoms with van der Waals surface area (Å²) in [5.41, 5.74) is 3.20. The normalized spacial score (nSPS) is 11.1. The molecule has 1 aromatic carbocycles. The monoisotopic (exact) mass is 352 g/mol. The SMILES string of the molecule is Cc1cc(Nc2cc(C)[nH]n2)nc(Oc2ccc3[nH]c(C)cc3c2F)n1. The second-order valence-corrected chi connectivity index (χ2v) is 6.13. The number of nitrogens with zero attached hydrogens (tertiary/aromatic N) is 3. The molecule has 3 heterocycles. The van der Waals surface area contributed by atoms with Gasteiger partial charge in [0.1, 0.15) is 5.82 Å². The molecule has 0 atom stereocenters. The Morgan fingerprint density at radius 3 is 2.62 bits per heavy atom. The maximum atomic E-state index is 14.7. The van der Waals surface area contributed by atoms with Gasteiger partial charge in [0.25, 0.3) is 0 Å². The molecular weight excluding hydrogens is 335 g/mol. The third-order valence-electron chi connectivity index (χ3n) is 3.83. The fraction of sp³-hybridized carbons (Fsp3) is 0.167. The zero-order valence-electron chi connectivity index (χ0n) is 14.5. The van der Waals surface area contributed by atoms with Gasteiger partial charge in [0, 0.05) is 40.1 Å². The molecule has 0 aliphatic heterocycles. The summed E-state index contributed by atoms with van der Waals surface area (Å²) < 4.78 is 20.3. The largest absolute Gasteiger partial charge is 0.421 e. The lowest BCUT2D eigenvalue weighted by Crippen LogP contribution is -2.00. The minimum absolute atomic E-state index is 0.0604. The number of halogens is 1. The number of aryl methyl sites for hydroxylation is 3. The molecule has 0 unspecified atom stereocenters. The van der Waals surface area contributed by atoms with Crippen molar-refractivity contribution in [2.75, 3.05) is 5.32 Å². The van der Waals surface area contributed by atoms with Crippen LogP contribution in [0.1, 0.15) is 17.1 Å². The van der Waals surface area contributed by atoms with E-state index in [2.05, 4.69) is 30.5 Å². The fourth-order valence-corrected chi connectivity index (χ4v) is 2.73. The number of ether oxygens (including phenoxy) is 1. The Balaban J connectivity index is 1.64. The number of aromatic nitrogens is 5. The lowest BCUT2D eigenvalue weighted by Gasteiger charge is -2.09. The van der Waals surface area contributed by atoms with Gasteiger partial charge in [-0.3, -0.25) is 5.10 Å². The molecule has 0 bridgehead atoms. The smallest absolute Gasteiger partial charge is 0.324 e. The first-order valence-electron chi connectivity index (χ1n) is 8.08. The Hall–Kier alpha value is -3.42. The Labute approximate surface area is 148 Å². The van der Waals surface area contributed by atoms with Crippen LogP contribution in [0.3, 0.4) is 0 Å². The van der Waals surface area contributed by atoms with Gasteiger partial charge in [-0.05, 0) is 39.0 Å². The first-order valence-corrected chi connectivity index (χ1v) is 8.08.